The smallest absolute Gasteiger partial charge is 0.119 e. The number of nitrogens with one attached hydrogen (secondary N) is 1. The number of hydrogen-bond donors (Lipinski definition) is 1. The molecule has 21 heavy (non-hydrogen) atoms. The first-order valence-corrected chi connectivity index (χ1v) is 7.46. The molecule has 0 saturated heterocycles. The maximum absolute atomic E-state index is 5.53. The van der Waals surface area contributed by atoms with Crippen LogP contribution in [0.4, 0.5) is 5.69 Å². The van der Waals surface area contributed by atoms with Gasteiger partial charge in [0.15, 0.2) is 0 Å². The summed E-state index contributed by atoms with van der Waals surface area (Å²) in [5, 5.41) is 3.65. The molecule has 0 radical (unpaired) electrons. The van der Waals surface area contributed by atoms with Crippen molar-refractivity contribution in [2.24, 2.45) is 0 Å². The third-order valence-corrected chi connectivity index (χ3v) is 3.94. The fourth-order valence-corrected chi connectivity index (χ4v) is 2.83. The lowest BCUT2D eigenvalue weighted by Crippen LogP contribution is -2.18. The molecule has 0 fully saturated rings. The normalized spacial score (nSPS) is 16.7. The number of rotatable bonds is 4. The van der Waals surface area contributed by atoms with Crippen LogP contribution in [-0.2, 0) is 6.42 Å². The number of aryl methyl sites for hydroxylation is 2. The summed E-state index contributed by atoms with van der Waals surface area (Å²) in [6, 6.07) is 15.4. The first-order valence-electron chi connectivity index (χ1n) is 7.46. The van der Waals surface area contributed by atoms with Crippen molar-refractivity contribution < 1.29 is 4.74 Å². The summed E-state index contributed by atoms with van der Waals surface area (Å²) in [6.07, 6.45) is 4.02. The van der Waals surface area contributed by atoms with Gasteiger partial charge in [-0.05, 0) is 49.1 Å². The van der Waals surface area contributed by atoms with E-state index in [1.54, 1.807) is 6.08 Å². The van der Waals surface area contributed by atoms with Crippen LogP contribution in [0.5, 0.6) is 5.75 Å². The Morgan fingerprint density at radius 2 is 2.05 bits per heavy atom. The van der Waals surface area contributed by atoms with E-state index in [9.17, 15) is 0 Å². The highest BCUT2D eigenvalue weighted by atomic mass is 16.5. The SMILES string of the molecule is C=CCOc1ccc([C@H]2CCc3cc(C)ccc3N2)cc1. The monoisotopic (exact) mass is 279 g/mol. The zero-order valence-electron chi connectivity index (χ0n) is 12.4. The van der Waals surface area contributed by atoms with Crippen molar-refractivity contribution in [3.63, 3.8) is 0 Å². The second kappa shape index (κ2) is 6.04. The fraction of sp³-hybridized carbons (Fsp3) is 0.263. The average Bonchev–Trinajstić information content (AvgIpc) is 2.53. The van der Waals surface area contributed by atoms with Gasteiger partial charge in [-0.25, -0.2) is 0 Å². The van der Waals surface area contributed by atoms with Crippen LogP contribution in [0.15, 0.2) is 55.1 Å². The van der Waals surface area contributed by atoms with Crippen LogP contribution >= 0.6 is 0 Å². The number of ether oxygens (including phenoxy) is 1. The number of anilines is 1. The molecule has 0 aliphatic carbocycles. The Kier molecular flexibility index (Phi) is 3.96. The largest absolute Gasteiger partial charge is 0.490 e. The van der Waals surface area contributed by atoms with Crippen LogP contribution in [0, 0.1) is 6.92 Å². The van der Waals surface area contributed by atoms with Gasteiger partial charge in [0.25, 0.3) is 0 Å². The highest BCUT2D eigenvalue weighted by molar-refractivity contribution is 5.56. The maximum Gasteiger partial charge on any atom is 0.119 e. The summed E-state index contributed by atoms with van der Waals surface area (Å²) in [4.78, 5) is 0. The molecule has 0 saturated carbocycles. The topological polar surface area (TPSA) is 21.3 Å². The molecule has 2 aromatic rings. The molecule has 3 rings (SSSR count). The summed E-state index contributed by atoms with van der Waals surface area (Å²) in [6.45, 7) is 6.36. The molecule has 0 amide bonds. The van der Waals surface area contributed by atoms with Crippen LogP contribution in [0.1, 0.15) is 29.2 Å². The molecule has 0 aromatic heterocycles. The Bertz CT molecular complexity index is 631. The average molecular weight is 279 g/mol. The molecule has 1 aliphatic heterocycles. The fourth-order valence-electron chi connectivity index (χ4n) is 2.83. The Morgan fingerprint density at radius 1 is 1.24 bits per heavy atom. The minimum absolute atomic E-state index is 0.383. The second-order valence-corrected chi connectivity index (χ2v) is 5.56. The lowest BCUT2D eigenvalue weighted by atomic mass is 9.92. The lowest BCUT2D eigenvalue weighted by molar-refractivity contribution is 0.363. The van der Waals surface area contributed by atoms with Crippen molar-refractivity contribution in [1.29, 1.82) is 0 Å². The van der Waals surface area contributed by atoms with E-state index >= 15 is 0 Å². The van der Waals surface area contributed by atoms with Gasteiger partial charge >= 0.3 is 0 Å². The van der Waals surface area contributed by atoms with E-state index in [1.165, 1.54) is 22.4 Å². The van der Waals surface area contributed by atoms with Crippen molar-refractivity contribution in [2.75, 3.05) is 11.9 Å². The minimum Gasteiger partial charge on any atom is -0.490 e. The standard InChI is InChI=1S/C19H21NO/c1-3-12-21-17-8-5-15(6-9-17)18-11-7-16-13-14(2)4-10-19(16)20-18/h3-6,8-10,13,18,20H,1,7,11-12H2,2H3/t18-/m1/s1. The van der Waals surface area contributed by atoms with E-state index in [2.05, 4.69) is 49.2 Å². The van der Waals surface area contributed by atoms with E-state index in [-0.39, 0.29) is 0 Å². The van der Waals surface area contributed by atoms with Gasteiger partial charge in [0.1, 0.15) is 12.4 Å². The van der Waals surface area contributed by atoms with Crippen LogP contribution in [0.2, 0.25) is 0 Å². The molecule has 1 heterocycles. The van der Waals surface area contributed by atoms with Crippen molar-refractivity contribution >= 4 is 5.69 Å². The van der Waals surface area contributed by atoms with E-state index in [4.69, 9.17) is 4.74 Å². The zero-order chi connectivity index (χ0) is 14.7. The van der Waals surface area contributed by atoms with Gasteiger partial charge in [-0.1, -0.05) is 42.5 Å². The summed E-state index contributed by atoms with van der Waals surface area (Å²) in [5.41, 5.74) is 5.34. The molecule has 0 bridgehead atoms. The predicted octanol–water partition coefficient (Wildman–Crippen LogP) is 4.66. The Morgan fingerprint density at radius 3 is 2.81 bits per heavy atom. The lowest BCUT2D eigenvalue weighted by Gasteiger charge is -2.28. The zero-order valence-corrected chi connectivity index (χ0v) is 12.4. The minimum atomic E-state index is 0.383. The van der Waals surface area contributed by atoms with E-state index < -0.39 is 0 Å². The first kappa shape index (κ1) is 13.7. The molecule has 2 aromatic carbocycles. The number of benzene rings is 2. The molecule has 2 nitrogen and oxygen atoms in total. The number of fused-ring (bicyclic) bond motifs is 1. The van der Waals surface area contributed by atoms with Gasteiger partial charge in [0.2, 0.25) is 0 Å². The van der Waals surface area contributed by atoms with E-state index in [1.807, 2.05) is 12.1 Å². The van der Waals surface area contributed by atoms with Crippen LogP contribution < -0.4 is 10.1 Å². The molecule has 0 spiro atoms. The highest BCUT2D eigenvalue weighted by Crippen LogP contribution is 2.33. The molecule has 2 heteroatoms. The molecular formula is C19H21NO. The maximum atomic E-state index is 5.53. The van der Waals surface area contributed by atoms with Crippen LogP contribution in [0.3, 0.4) is 0 Å². The van der Waals surface area contributed by atoms with Crippen LogP contribution in [0.25, 0.3) is 0 Å². The third kappa shape index (κ3) is 3.10. The van der Waals surface area contributed by atoms with E-state index in [0.717, 1.165) is 18.6 Å². The van der Waals surface area contributed by atoms with Crippen molar-refractivity contribution in [2.45, 2.75) is 25.8 Å². The number of hydrogen-bond acceptors (Lipinski definition) is 2. The van der Waals surface area contributed by atoms with E-state index in [0.29, 0.717) is 12.6 Å². The molecule has 0 unspecified atom stereocenters. The summed E-state index contributed by atoms with van der Waals surface area (Å²) < 4.78 is 5.53. The van der Waals surface area contributed by atoms with Gasteiger partial charge in [-0.15, -0.1) is 0 Å². The quantitative estimate of drug-likeness (QED) is 0.822. The Hall–Kier alpha value is -2.22. The van der Waals surface area contributed by atoms with Gasteiger partial charge in [-0.2, -0.15) is 0 Å². The molecule has 1 atom stereocenters. The second-order valence-electron chi connectivity index (χ2n) is 5.56. The molecule has 1 aliphatic rings. The van der Waals surface area contributed by atoms with Gasteiger partial charge in [-0.3, -0.25) is 0 Å². The third-order valence-electron chi connectivity index (χ3n) is 3.94. The summed E-state index contributed by atoms with van der Waals surface area (Å²) >= 11 is 0. The van der Waals surface area contributed by atoms with Crippen molar-refractivity contribution in [1.82, 2.24) is 0 Å². The molecule has 1 N–H and O–H groups in total. The van der Waals surface area contributed by atoms with Crippen molar-refractivity contribution in [3.05, 3.63) is 71.8 Å². The summed E-state index contributed by atoms with van der Waals surface area (Å²) in [7, 11) is 0. The molecule has 108 valence electrons. The van der Waals surface area contributed by atoms with Gasteiger partial charge in [0.05, 0.1) is 6.04 Å². The van der Waals surface area contributed by atoms with Gasteiger partial charge in [0, 0.05) is 5.69 Å². The summed E-state index contributed by atoms with van der Waals surface area (Å²) in [5.74, 6) is 0.894. The van der Waals surface area contributed by atoms with Crippen LogP contribution in [-0.4, -0.2) is 6.61 Å². The van der Waals surface area contributed by atoms with Crippen molar-refractivity contribution in [3.8, 4) is 5.75 Å². The Labute approximate surface area is 126 Å². The predicted molar refractivity (Wildman–Crippen MR) is 88.0 cm³/mol. The highest BCUT2D eigenvalue weighted by Gasteiger charge is 2.19. The van der Waals surface area contributed by atoms with Gasteiger partial charge < -0.3 is 10.1 Å². The Balaban J connectivity index is 1.73. The molecular weight excluding hydrogens is 258 g/mol. The first-order chi connectivity index (χ1) is 10.3.